The van der Waals surface area contributed by atoms with Crippen LogP contribution in [0.3, 0.4) is 0 Å². The van der Waals surface area contributed by atoms with E-state index in [1.807, 2.05) is 0 Å². The number of hydrogen-bond donors (Lipinski definition) is 0. The Labute approximate surface area is 152 Å². The zero-order valence-corrected chi connectivity index (χ0v) is 16.8. The second-order valence-corrected chi connectivity index (χ2v) is 8.86. The quantitative estimate of drug-likeness (QED) is 0.278. The SMILES string of the molecule is CCC=CC1CCCCC1CCCCC1CCC(CCCC)CC1. The fourth-order valence-corrected chi connectivity index (χ4v) is 5.30. The summed E-state index contributed by atoms with van der Waals surface area (Å²) < 4.78 is 0. The molecule has 0 nitrogen and oxygen atoms in total. The fourth-order valence-electron chi connectivity index (χ4n) is 5.30. The van der Waals surface area contributed by atoms with Gasteiger partial charge in [-0.25, -0.2) is 0 Å². The molecule has 0 aromatic rings. The van der Waals surface area contributed by atoms with Crippen molar-refractivity contribution >= 4 is 0 Å². The average Bonchev–Trinajstić information content (AvgIpc) is 2.63. The van der Waals surface area contributed by atoms with Crippen molar-refractivity contribution in [1.82, 2.24) is 0 Å². The van der Waals surface area contributed by atoms with E-state index in [1.54, 1.807) is 12.8 Å². The predicted octanol–water partition coefficient (Wildman–Crippen LogP) is 8.32. The van der Waals surface area contributed by atoms with Crippen molar-refractivity contribution < 1.29 is 0 Å². The van der Waals surface area contributed by atoms with Gasteiger partial charge in [0.2, 0.25) is 0 Å². The van der Waals surface area contributed by atoms with Crippen molar-refractivity contribution in [1.29, 1.82) is 0 Å². The van der Waals surface area contributed by atoms with Gasteiger partial charge in [0, 0.05) is 0 Å². The van der Waals surface area contributed by atoms with Crippen molar-refractivity contribution in [2.75, 3.05) is 0 Å². The van der Waals surface area contributed by atoms with Crippen LogP contribution in [0.4, 0.5) is 0 Å². The Morgan fingerprint density at radius 2 is 1.33 bits per heavy atom. The Kier molecular flexibility index (Phi) is 10.2. The second kappa shape index (κ2) is 12.2. The third kappa shape index (κ3) is 7.32. The lowest BCUT2D eigenvalue weighted by Gasteiger charge is -2.30. The van der Waals surface area contributed by atoms with Crippen molar-refractivity contribution in [2.24, 2.45) is 23.7 Å². The lowest BCUT2D eigenvalue weighted by atomic mass is 9.75. The van der Waals surface area contributed by atoms with E-state index in [2.05, 4.69) is 26.0 Å². The monoisotopic (exact) mass is 332 g/mol. The summed E-state index contributed by atoms with van der Waals surface area (Å²) in [6, 6.07) is 0. The molecule has 2 rings (SSSR count). The summed E-state index contributed by atoms with van der Waals surface area (Å²) in [5, 5.41) is 0. The summed E-state index contributed by atoms with van der Waals surface area (Å²) in [6.45, 7) is 4.60. The molecule has 0 aliphatic heterocycles. The predicted molar refractivity (Wildman–Crippen MR) is 108 cm³/mol. The molecule has 0 radical (unpaired) electrons. The molecule has 0 spiro atoms. The summed E-state index contributed by atoms with van der Waals surface area (Å²) in [5.74, 6) is 4.07. The van der Waals surface area contributed by atoms with Crippen molar-refractivity contribution in [3.63, 3.8) is 0 Å². The molecule has 0 heterocycles. The van der Waals surface area contributed by atoms with Gasteiger partial charge in [-0.3, -0.25) is 0 Å². The van der Waals surface area contributed by atoms with Gasteiger partial charge in [0.1, 0.15) is 0 Å². The highest BCUT2D eigenvalue weighted by Gasteiger charge is 2.23. The van der Waals surface area contributed by atoms with Gasteiger partial charge in [-0.1, -0.05) is 103 Å². The van der Waals surface area contributed by atoms with Crippen LogP contribution in [-0.2, 0) is 0 Å². The standard InChI is InChI=1S/C24H44/c1-3-5-11-21-17-19-22(20-18-21)12-7-8-14-24-16-10-9-15-23(24)13-6-4-2/h6,13,21-24H,3-5,7-12,14-20H2,1-2H3. The maximum absolute atomic E-state index is 2.56. The van der Waals surface area contributed by atoms with Crippen LogP contribution in [0, 0.1) is 23.7 Å². The summed E-state index contributed by atoms with van der Waals surface area (Å²) >= 11 is 0. The normalized spacial score (nSPS) is 31.6. The first-order valence-corrected chi connectivity index (χ1v) is 11.5. The van der Waals surface area contributed by atoms with Crippen LogP contribution in [-0.4, -0.2) is 0 Å². The Hall–Kier alpha value is -0.260. The van der Waals surface area contributed by atoms with Gasteiger partial charge in [-0.05, 0) is 49.4 Å². The van der Waals surface area contributed by atoms with Gasteiger partial charge < -0.3 is 0 Å². The smallest absolute Gasteiger partial charge is 0.0205 e. The van der Waals surface area contributed by atoms with E-state index in [-0.39, 0.29) is 0 Å². The van der Waals surface area contributed by atoms with Gasteiger partial charge in [0.15, 0.2) is 0 Å². The first-order chi connectivity index (χ1) is 11.8. The fraction of sp³-hybridized carbons (Fsp3) is 0.917. The zero-order valence-electron chi connectivity index (χ0n) is 16.8. The molecular weight excluding hydrogens is 288 g/mol. The molecular formula is C24H44. The van der Waals surface area contributed by atoms with Crippen LogP contribution in [0.5, 0.6) is 0 Å². The van der Waals surface area contributed by atoms with Crippen LogP contribution < -0.4 is 0 Å². The number of allylic oxidation sites excluding steroid dienone is 2. The summed E-state index contributed by atoms with van der Waals surface area (Å²) in [7, 11) is 0. The van der Waals surface area contributed by atoms with E-state index in [0.29, 0.717) is 0 Å². The highest BCUT2D eigenvalue weighted by Crippen LogP contribution is 2.37. The van der Waals surface area contributed by atoms with Crippen LogP contribution in [0.25, 0.3) is 0 Å². The van der Waals surface area contributed by atoms with Gasteiger partial charge in [0.25, 0.3) is 0 Å². The Balaban J connectivity index is 1.56. The minimum Gasteiger partial charge on any atom is -0.0885 e. The molecule has 0 heteroatoms. The second-order valence-electron chi connectivity index (χ2n) is 8.86. The molecule has 140 valence electrons. The summed E-state index contributed by atoms with van der Waals surface area (Å²) in [6.07, 6.45) is 28.7. The lowest BCUT2D eigenvalue weighted by Crippen LogP contribution is -2.18. The molecule has 0 N–H and O–H groups in total. The van der Waals surface area contributed by atoms with E-state index in [0.717, 1.165) is 23.7 Å². The number of rotatable bonds is 10. The first kappa shape index (κ1) is 20.1. The molecule has 2 aliphatic carbocycles. The molecule has 2 atom stereocenters. The van der Waals surface area contributed by atoms with Crippen LogP contribution in [0.15, 0.2) is 12.2 Å². The van der Waals surface area contributed by atoms with Crippen molar-refractivity contribution in [3.8, 4) is 0 Å². The summed E-state index contributed by atoms with van der Waals surface area (Å²) in [4.78, 5) is 0. The Morgan fingerprint density at radius 1 is 0.708 bits per heavy atom. The van der Waals surface area contributed by atoms with E-state index < -0.39 is 0 Å². The third-order valence-electron chi connectivity index (χ3n) is 6.96. The molecule has 0 aromatic carbocycles. The van der Waals surface area contributed by atoms with Gasteiger partial charge in [-0.2, -0.15) is 0 Å². The highest BCUT2D eigenvalue weighted by molar-refractivity contribution is 4.93. The maximum atomic E-state index is 2.56. The van der Waals surface area contributed by atoms with Crippen molar-refractivity contribution in [3.05, 3.63) is 12.2 Å². The van der Waals surface area contributed by atoms with Crippen molar-refractivity contribution in [2.45, 2.75) is 117 Å². The molecule has 0 bridgehead atoms. The molecule has 2 fully saturated rings. The van der Waals surface area contributed by atoms with E-state index in [9.17, 15) is 0 Å². The Morgan fingerprint density at radius 3 is 2.00 bits per heavy atom. The average molecular weight is 333 g/mol. The topological polar surface area (TPSA) is 0 Å². The van der Waals surface area contributed by atoms with Gasteiger partial charge >= 0.3 is 0 Å². The molecule has 0 aromatic heterocycles. The molecule has 2 aliphatic rings. The minimum atomic E-state index is 0.910. The van der Waals surface area contributed by atoms with E-state index >= 15 is 0 Å². The molecule has 0 amide bonds. The van der Waals surface area contributed by atoms with E-state index in [1.165, 1.54) is 89.9 Å². The van der Waals surface area contributed by atoms with Gasteiger partial charge in [0.05, 0.1) is 0 Å². The molecule has 0 saturated heterocycles. The van der Waals surface area contributed by atoms with Crippen LogP contribution in [0.2, 0.25) is 0 Å². The molecule has 2 saturated carbocycles. The summed E-state index contributed by atoms with van der Waals surface area (Å²) in [5.41, 5.74) is 0. The third-order valence-corrected chi connectivity index (χ3v) is 6.96. The van der Waals surface area contributed by atoms with Gasteiger partial charge in [-0.15, -0.1) is 0 Å². The highest BCUT2D eigenvalue weighted by atomic mass is 14.3. The van der Waals surface area contributed by atoms with Crippen LogP contribution in [0.1, 0.15) is 117 Å². The molecule has 24 heavy (non-hydrogen) atoms. The lowest BCUT2D eigenvalue weighted by molar-refractivity contribution is 0.234. The first-order valence-electron chi connectivity index (χ1n) is 11.5. The van der Waals surface area contributed by atoms with Crippen LogP contribution >= 0.6 is 0 Å². The Bertz CT molecular complexity index is 321. The minimum absolute atomic E-state index is 0.910. The number of hydrogen-bond acceptors (Lipinski definition) is 0. The zero-order chi connectivity index (χ0) is 17.0. The molecule has 2 unspecified atom stereocenters. The maximum Gasteiger partial charge on any atom is -0.0205 e. The van der Waals surface area contributed by atoms with E-state index in [4.69, 9.17) is 0 Å². The largest absolute Gasteiger partial charge is 0.0885 e. The number of unbranched alkanes of at least 4 members (excludes halogenated alkanes) is 2.